The number of aromatic amines is 1. The Hall–Kier alpha value is -2.24. The van der Waals surface area contributed by atoms with Crippen molar-refractivity contribution in [3.8, 4) is 5.88 Å². The van der Waals surface area contributed by atoms with Crippen LogP contribution in [-0.2, 0) is 6.54 Å². The number of furan rings is 1. The van der Waals surface area contributed by atoms with Crippen LogP contribution in [0.2, 0.25) is 0 Å². The molecule has 0 unspecified atom stereocenters. The molecule has 2 aromatic rings. The van der Waals surface area contributed by atoms with Crippen LogP contribution in [-0.4, -0.2) is 14.7 Å². The van der Waals surface area contributed by atoms with Crippen LogP contribution in [0.3, 0.4) is 0 Å². The molecule has 17 heavy (non-hydrogen) atoms. The Morgan fingerprint density at radius 3 is 2.65 bits per heavy atom. The lowest BCUT2D eigenvalue weighted by molar-refractivity contribution is 0.386. The zero-order chi connectivity index (χ0) is 12.6. The van der Waals surface area contributed by atoms with Gasteiger partial charge in [0.05, 0.1) is 12.1 Å². The average Bonchev–Trinajstić information content (AvgIpc) is 2.67. The van der Waals surface area contributed by atoms with Crippen molar-refractivity contribution in [2.75, 3.05) is 0 Å². The molecule has 0 bridgehead atoms. The SMILES string of the molecule is Cc1ccc(Cn2c(O)c(C)c(=O)[nH]c2=O)o1. The van der Waals surface area contributed by atoms with E-state index in [1.165, 1.54) is 6.92 Å². The van der Waals surface area contributed by atoms with E-state index < -0.39 is 11.2 Å². The molecule has 0 aliphatic carbocycles. The first-order valence-corrected chi connectivity index (χ1v) is 5.07. The Kier molecular flexibility index (Phi) is 2.63. The Labute approximate surface area is 96.1 Å². The first-order valence-electron chi connectivity index (χ1n) is 5.07. The van der Waals surface area contributed by atoms with E-state index >= 15 is 0 Å². The highest BCUT2D eigenvalue weighted by molar-refractivity contribution is 5.21. The summed E-state index contributed by atoms with van der Waals surface area (Å²) in [5.41, 5.74) is -1.14. The number of hydrogen-bond acceptors (Lipinski definition) is 4. The van der Waals surface area contributed by atoms with Gasteiger partial charge in [0.15, 0.2) is 0 Å². The van der Waals surface area contributed by atoms with Crippen molar-refractivity contribution in [2.24, 2.45) is 0 Å². The summed E-state index contributed by atoms with van der Waals surface area (Å²) in [6, 6.07) is 3.47. The molecule has 2 aromatic heterocycles. The van der Waals surface area contributed by atoms with E-state index in [2.05, 4.69) is 4.98 Å². The maximum atomic E-state index is 11.5. The highest BCUT2D eigenvalue weighted by atomic mass is 16.3. The summed E-state index contributed by atoms with van der Waals surface area (Å²) in [5, 5.41) is 9.73. The number of nitrogens with zero attached hydrogens (tertiary/aromatic N) is 1. The molecule has 0 amide bonds. The molecule has 0 aromatic carbocycles. The van der Waals surface area contributed by atoms with E-state index in [0.29, 0.717) is 11.5 Å². The van der Waals surface area contributed by atoms with Crippen molar-refractivity contribution in [1.82, 2.24) is 9.55 Å². The average molecular weight is 236 g/mol. The van der Waals surface area contributed by atoms with Gasteiger partial charge >= 0.3 is 5.69 Å². The number of nitrogens with one attached hydrogen (secondary N) is 1. The van der Waals surface area contributed by atoms with E-state index in [-0.39, 0.29) is 18.0 Å². The molecule has 6 nitrogen and oxygen atoms in total. The topological polar surface area (TPSA) is 88.2 Å². The fraction of sp³-hybridized carbons (Fsp3) is 0.273. The van der Waals surface area contributed by atoms with Gasteiger partial charge in [0, 0.05) is 0 Å². The van der Waals surface area contributed by atoms with Crippen LogP contribution >= 0.6 is 0 Å². The lowest BCUT2D eigenvalue weighted by Crippen LogP contribution is -2.31. The van der Waals surface area contributed by atoms with Gasteiger partial charge in [-0.15, -0.1) is 0 Å². The van der Waals surface area contributed by atoms with Crippen molar-refractivity contribution in [3.63, 3.8) is 0 Å². The molecular weight excluding hydrogens is 224 g/mol. The van der Waals surface area contributed by atoms with Gasteiger partial charge in [0.1, 0.15) is 11.5 Å². The van der Waals surface area contributed by atoms with Crippen LogP contribution in [0.15, 0.2) is 26.1 Å². The van der Waals surface area contributed by atoms with Crippen LogP contribution in [0.25, 0.3) is 0 Å². The number of rotatable bonds is 2. The zero-order valence-corrected chi connectivity index (χ0v) is 9.48. The first kappa shape index (κ1) is 11.3. The first-order chi connectivity index (χ1) is 7.99. The maximum Gasteiger partial charge on any atom is 0.331 e. The molecule has 0 aliphatic rings. The van der Waals surface area contributed by atoms with Gasteiger partial charge in [-0.25, -0.2) is 4.79 Å². The van der Waals surface area contributed by atoms with E-state index in [1.54, 1.807) is 19.1 Å². The molecule has 0 atom stereocenters. The second kappa shape index (κ2) is 3.97. The van der Waals surface area contributed by atoms with Crippen LogP contribution in [0.5, 0.6) is 5.88 Å². The fourth-order valence-corrected chi connectivity index (χ4v) is 1.53. The van der Waals surface area contributed by atoms with Crippen molar-refractivity contribution < 1.29 is 9.52 Å². The summed E-state index contributed by atoms with van der Waals surface area (Å²) in [4.78, 5) is 24.9. The number of H-pyrrole nitrogens is 1. The van der Waals surface area contributed by atoms with Crippen molar-refractivity contribution in [1.29, 1.82) is 0 Å². The molecule has 90 valence electrons. The van der Waals surface area contributed by atoms with Crippen molar-refractivity contribution >= 4 is 0 Å². The minimum atomic E-state index is -0.660. The minimum absolute atomic E-state index is 0.0795. The number of aryl methyl sites for hydroxylation is 1. The lowest BCUT2D eigenvalue weighted by Gasteiger charge is -2.07. The molecule has 2 N–H and O–H groups in total. The van der Waals surface area contributed by atoms with E-state index in [9.17, 15) is 14.7 Å². The van der Waals surface area contributed by atoms with Crippen molar-refractivity contribution in [3.05, 3.63) is 50.1 Å². The Balaban J connectivity index is 2.50. The van der Waals surface area contributed by atoms with Gasteiger partial charge in [0.25, 0.3) is 5.56 Å². The van der Waals surface area contributed by atoms with E-state index in [0.717, 1.165) is 4.57 Å². The highest BCUT2D eigenvalue weighted by Gasteiger charge is 2.11. The number of aromatic hydroxyl groups is 1. The van der Waals surface area contributed by atoms with Gasteiger partial charge in [-0.3, -0.25) is 14.3 Å². The second-order valence-corrected chi connectivity index (χ2v) is 3.81. The lowest BCUT2D eigenvalue weighted by atomic mass is 10.3. The summed E-state index contributed by atoms with van der Waals surface area (Å²) in [5.74, 6) is 0.910. The predicted octanol–water partition coefficient (Wildman–Crippen LogP) is 0.500. The molecule has 0 fully saturated rings. The number of aromatic nitrogens is 2. The summed E-state index contributed by atoms with van der Waals surface area (Å²) in [6.45, 7) is 3.30. The van der Waals surface area contributed by atoms with E-state index in [1.807, 2.05) is 0 Å². The molecule has 0 saturated heterocycles. The fourth-order valence-electron chi connectivity index (χ4n) is 1.53. The maximum absolute atomic E-state index is 11.5. The normalized spacial score (nSPS) is 10.7. The van der Waals surface area contributed by atoms with Gasteiger partial charge < -0.3 is 9.52 Å². The van der Waals surface area contributed by atoms with Crippen LogP contribution in [0.1, 0.15) is 17.1 Å². The monoisotopic (exact) mass is 236 g/mol. The molecule has 0 radical (unpaired) electrons. The number of hydrogen-bond donors (Lipinski definition) is 2. The van der Waals surface area contributed by atoms with Crippen molar-refractivity contribution in [2.45, 2.75) is 20.4 Å². The molecule has 2 heterocycles. The molecule has 0 saturated carbocycles. The Bertz CT molecular complexity index is 663. The molecule has 0 aliphatic heterocycles. The largest absolute Gasteiger partial charge is 0.494 e. The highest BCUT2D eigenvalue weighted by Crippen LogP contribution is 2.12. The third-order valence-corrected chi connectivity index (χ3v) is 2.51. The zero-order valence-electron chi connectivity index (χ0n) is 9.48. The molecule has 0 spiro atoms. The van der Waals surface area contributed by atoms with Crippen LogP contribution in [0.4, 0.5) is 0 Å². The minimum Gasteiger partial charge on any atom is -0.494 e. The van der Waals surface area contributed by atoms with Gasteiger partial charge in [-0.1, -0.05) is 0 Å². The third-order valence-electron chi connectivity index (χ3n) is 2.51. The molecule has 6 heteroatoms. The summed E-state index contributed by atoms with van der Waals surface area (Å²) < 4.78 is 6.36. The Morgan fingerprint density at radius 1 is 1.35 bits per heavy atom. The van der Waals surface area contributed by atoms with Gasteiger partial charge in [-0.2, -0.15) is 0 Å². The third kappa shape index (κ3) is 2.01. The summed E-state index contributed by atoms with van der Waals surface area (Å²) in [7, 11) is 0. The quantitative estimate of drug-likeness (QED) is 0.794. The Morgan fingerprint density at radius 2 is 2.06 bits per heavy atom. The molecule has 2 rings (SSSR count). The van der Waals surface area contributed by atoms with Crippen LogP contribution in [0, 0.1) is 13.8 Å². The molecular formula is C11H12N2O4. The second-order valence-electron chi connectivity index (χ2n) is 3.81. The van der Waals surface area contributed by atoms with Crippen LogP contribution < -0.4 is 11.2 Å². The van der Waals surface area contributed by atoms with Gasteiger partial charge in [-0.05, 0) is 26.0 Å². The predicted molar refractivity (Wildman–Crippen MR) is 60.3 cm³/mol. The van der Waals surface area contributed by atoms with Gasteiger partial charge in [0.2, 0.25) is 5.88 Å². The summed E-state index contributed by atoms with van der Waals surface area (Å²) in [6.07, 6.45) is 0. The van der Waals surface area contributed by atoms with E-state index in [4.69, 9.17) is 4.42 Å². The summed E-state index contributed by atoms with van der Waals surface area (Å²) >= 11 is 0. The standard InChI is InChI=1S/C11H12N2O4/c1-6-3-4-8(17-6)5-13-10(15)7(2)9(14)12-11(13)16/h3-4,15H,5H2,1-2H3,(H,12,14,16). The smallest absolute Gasteiger partial charge is 0.331 e.